The number of hydrogen-bond acceptors (Lipinski definition) is 5. The normalized spacial score (nSPS) is 26.1. The minimum atomic E-state index is -0.911. The van der Waals surface area contributed by atoms with Crippen LogP contribution in [0.3, 0.4) is 0 Å². The van der Waals surface area contributed by atoms with E-state index in [1.54, 1.807) is 11.9 Å². The summed E-state index contributed by atoms with van der Waals surface area (Å²) in [7, 11) is 1.64. The zero-order valence-corrected chi connectivity index (χ0v) is 21.6. The maximum Gasteiger partial charge on any atom is 0.324 e. The van der Waals surface area contributed by atoms with Crippen LogP contribution >= 0.6 is 0 Å². The van der Waals surface area contributed by atoms with Crippen molar-refractivity contribution in [3.8, 4) is 0 Å². The van der Waals surface area contributed by atoms with Gasteiger partial charge in [-0.3, -0.25) is 19.7 Å². The Kier molecular flexibility index (Phi) is 5.98. The molecule has 3 N–H and O–H groups in total. The second-order valence-electron chi connectivity index (χ2n) is 11.1. The van der Waals surface area contributed by atoms with Gasteiger partial charge >= 0.3 is 6.03 Å². The first kappa shape index (κ1) is 24.6. The number of imide groups is 1. The molecule has 2 atom stereocenters. The molecule has 2 aromatic carbocycles. The number of benzene rings is 2. The summed E-state index contributed by atoms with van der Waals surface area (Å²) in [5.41, 5.74) is 2.07. The summed E-state index contributed by atoms with van der Waals surface area (Å²) < 4.78 is 0. The molecule has 2 heterocycles. The Balaban J connectivity index is 1.22. The van der Waals surface area contributed by atoms with Crippen LogP contribution in [0.25, 0.3) is 0 Å². The zero-order chi connectivity index (χ0) is 26.5. The Bertz CT molecular complexity index is 1310. The average molecular weight is 516 g/mol. The molecule has 4 aliphatic rings. The zero-order valence-electron chi connectivity index (χ0n) is 21.6. The van der Waals surface area contributed by atoms with Crippen LogP contribution in [0, 0.1) is 0 Å². The van der Waals surface area contributed by atoms with Crippen LogP contribution in [0.2, 0.25) is 0 Å². The molecule has 198 valence electrons. The van der Waals surface area contributed by atoms with Crippen molar-refractivity contribution in [2.24, 2.45) is 0 Å². The van der Waals surface area contributed by atoms with Crippen molar-refractivity contribution in [3.63, 3.8) is 0 Å². The maximum atomic E-state index is 13.9. The van der Waals surface area contributed by atoms with E-state index in [9.17, 15) is 19.2 Å². The minimum Gasteiger partial charge on any atom is -0.325 e. The molecule has 9 nitrogen and oxygen atoms in total. The van der Waals surface area contributed by atoms with Crippen LogP contribution in [-0.4, -0.2) is 64.8 Å². The number of hydrogen-bond donors (Lipinski definition) is 3. The van der Waals surface area contributed by atoms with Crippen LogP contribution in [0.15, 0.2) is 48.5 Å². The van der Waals surface area contributed by atoms with Crippen molar-refractivity contribution >= 4 is 29.4 Å². The van der Waals surface area contributed by atoms with Gasteiger partial charge < -0.3 is 20.4 Å². The van der Waals surface area contributed by atoms with Gasteiger partial charge in [-0.15, -0.1) is 0 Å². The molecule has 2 aliphatic carbocycles. The fraction of sp³-hybridized carbons (Fsp3) is 0.448. The fourth-order valence-electron chi connectivity index (χ4n) is 6.80. The molecule has 6 rings (SSSR count). The van der Waals surface area contributed by atoms with Crippen molar-refractivity contribution in [3.05, 3.63) is 65.2 Å². The van der Waals surface area contributed by atoms with Crippen LogP contribution in [-0.2, 0) is 27.2 Å². The summed E-state index contributed by atoms with van der Waals surface area (Å²) in [4.78, 5) is 55.2. The Morgan fingerprint density at radius 2 is 1.76 bits per heavy atom. The molecule has 3 fully saturated rings. The van der Waals surface area contributed by atoms with E-state index < -0.39 is 11.1 Å². The first-order chi connectivity index (χ1) is 18.3. The predicted molar refractivity (Wildman–Crippen MR) is 141 cm³/mol. The molecule has 2 spiro atoms. The summed E-state index contributed by atoms with van der Waals surface area (Å²) in [6.07, 6.45) is 5.18. The third-order valence-electron chi connectivity index (χ3n) is 8.93. The predicted octanol–water partition coefficient (Wildman–Crippen LogP) is 2.52. The lowest BCUT2D eigenvalue weighted by Crippen LogP contribution is -2.55. The van der Waals surface area contributed by atoms with Gasteiger partial charge in [0.2, 0.25) is 11.8 Å². The molecule has 0 unspecified atom stereocenters. The highest BCUT2D eigenvalue weighted by atomic mass is 16.2. The van der Waals surface area contributed by atoms with Gasteiger partial charge in [0, 0.05) is 25.6 Å². The summed E-state index contributed by atoms with van der Waals surface area (Å²) in [5, 5.41) is 8.93. The lowest BCUT2D eigenvalue weighted by atomic mass is 9.95. The van der Waals surface area contributed by atoms with E-state index >= 15 is 0 Å². The number of nitrogens with zero attached hydrogens (tertiary/aromatic N) is 2. The Labute approximate surface area is 221 Å². The molecule has 0 aromatic heterocycles. The molecule has 2 saturated heterocycles. The molecule has 0 bridgehead atoms. The lowest BCUT2D eigenvalue weighted by Gasteiger charge is -2.35. The standard InChI is InChI=1S/C29H33N5O4/c1-33-27(38)32-25(36)29(33)16-20-9-10-22(15-21(20)17-29)31-24(35)18-34-23(19-7-3-2-4-8-19)11-14-30-28(26(34)37)12-5-6-13-28/h2-4,7-10,15,23,30H,5-6,11-14,16-18H2,1H3,(H,31,35)(H,32,36,38)/t23-,29+/m0/s1. The highest BCUT2D eigenvalue weighted by Crippen LogP contribution is 2.39. The summed E-state index contributed by atoms with van der Waals surface area (Å²) >= 11 is 0. The number of amides is 5. The molecule has 5 amide bonds. The van der Waals surface area contributed by atoms with Crippen LogP contribution in [0.1, 0.15) is 54.8 Å². The van der Waals surface area contributed by atoms with Crippen LogP contribution in [0.5, 0.6) is 0 Å². The average Bonchev–Trinajstić information content (AvgIpc) is 3.57. The summed E-state index contributed by atoms with van der Waals surface area (Å²) in [5.74, 6) is -0.534. The van der Waals surface area contributed by atoms with Gasteiger partial charge in [-0.05, 0) is 54.6 Å². The SMILES string of the molecule is CN1C(=O)NC(=O)[C@]12Cc1ccc(NC(=O)CN3C(=O)C4(CCCC4)NCC[C@H]3c3ccccc3)cc1C2. The van der Waals surface area contributed by atoms with Crippen LogP contribution in [0.4, 0.5) is 10.5 Å². The van der Waals surface area contributed by atoms with Crippen molar-refractivity contribution < 1.29 is 19.2 Å². The highest BCUT2D eigenvalue weighted by Gasteiger charge is 2.54. The first-order valence-corrected chi connectivity index (χ1v) is 13.4. The number of carbonyl (C=O) groups excluding carboxylic acids is 4. The van der Waals surface area contributed by atoms with E-state index in [1.165, 1.54) is 4.90 Å². The first-order valence-electron chi connectivity index (χ1n) is 13.4. The van der Waals surface area contributed by atoms with Gasteiger partial charge in [0.25, 0.3) is 5.91 Å². The van der Waals surface area contributed by atoms with E-state index in [4.69, 9.17) is 0 Å². The monoisotopic (exact) mass is 515 g/mol. The van der Waals surface area contributed by atoms with Gasteiger partial charge in [0.15, 0.2) is 0 Å². The van der Waals surface area contributed by atoms with E-state index in [0.717, 1.165) is 55.3 Å². The molecule has 1 saturated carbocycles. The number of fused-ring (bicyclic) bond motifs is 1. The molecule has 0 radical (unpaired) electrons. The smallest absolute Gasteiger partial charge is 0.324 e. The number of nitrogens with one attached hydrogen (secondary N) is 3. The second kappa shape index (κ2) is 9.23. The van der Waals surface area contributed by atoms with Gasteiger partial charge in [-0.25, -0.2) is 4.79 Å². The van der Waals surface area contributed by atoms with Gasteiger partial charge in [0.1, 0.15) is 12.1 Å². The summed E-state index contributed by atoms with van der Waals surface area (Å²) in [6, 6.07) is 15.0. The Morgan fingerprint density at radius 1 is 1.03 bits per heavy atom. The largest absolute Gasteiger partial charge is 0.325 e. The molecule has 2 aliphatic heterocycles. The number of urea groups is 1. The third-order valence-corrected chi connectivity index (χ3v) is 8.93. The number of likely N-dealkylation sites (N-methyl/N-ethyl adjacent to an activating group) is 1. The van der Waals surface area contributed by atoms with E-state index in [2.05, 4.69) is 16.0 Å². The van der Waals surface area contributed by atoms with Crippen molar-refractivity contribution in [1.82, 2.24) is 20.4 Å². The number of anilines is 1. The summed E-state index contributed by atoms with van der Waals surface area (Å²) in [6.45, 7) is 0.684. The fourth-order valence-corrected chi connectivity index (χ4v) is 6.80. The lowest BCUT2D eigenvalue weighted by molar-refractivity contribution is -0.142. The molecular formula is C29H33N5O4. The number of carbonyl (C=O) groups is 4. The topological polar surface area (TPSA) is 111 Å². The van der Waals surface area contributed by atoms with Crippen molar-refractivity contribution in [2.75, 3.05) is 25.5 Å². The van der Waals surface area contributed by atoms with E-state index in [0.29, 0.717) is 18.5 Å². The molecular weight excluding hydrogens is 482 g/mol. The molecule has 2 aromatic rings. The Morgan fingerprint density at radius 3 is 2.47 bits per heavy atom. The van der Waals surface area contributed by atoms with Crippen molar-refractivity contribution in [1.29, 1.82) is 0 Å². The quantitative estimate of drug-likeness (QED) is 0.542. The van der Waals surface area contributed by atoms with Crippen LogP contribution < -0.4 is 16.0 Å². The van der Waals surface area contributed by atoms with Gasteiger partial charge in [-0.2, -0.15) is 0 Å². The Hall–Kier alpha value is -3.72. The molecule has 38 heavy (non-hydrogen) atoms. The number of rotatable bonds is 4. The van der Waals surface area contributed by atoms with Gasteiger partial charge in [-0.1, -0.05) is 49.2 Å². The minimum absolute atomic E-state index is 0.00680. The van der Waals surface area contributed by atoms with E-state index in [-0.39, 0.29) is 36.3 Å². The maximum absolute atomic E-state index is 13.9. The highest BCUT2D eigenvalue weighted by molar-refractivity contribution is 6.07. The molecule has 9 heteroatoms. The second-order valence-corrected chi connectivity index (χ2v) is 11.1. The van der Waals surface area contributed by atoms with E-state index in [1.807, 2.05) is 48.5 Å². The van der Waals surface area contributed by atoms with Crippen molar-refractivity contribution in [2.45, 2.75) is 62.1 Å². The van der Waals surface area contributed by atoms with Gasteiger partial charge in [0.05, 0.1) is 11.6 Å². The third kappa shape index (κ3) is 3.96.